The molecule has 2 aromatic carbocycles. The summed E-state index contributed by atoms with van der Waals surface area (Å²) in [6.07, 6.45) is 0. The van der Waals surface area contributed by atoms with Crippen LogP contribution in [-0.4, -0.2) is 19.0 Å². The lowest BCUT2D eigenvalue weighted by atomic mass is 10.1. The molecule has 0 bridgehead atoms. The number of carbonyl (C=O) groups excluding carboxylic acids is 2. The Morgan fingerprint density at radius 2 is 1.59 bits per heavy atom. The van der Waals surface area contributed by atoms with Gasteiger partial charge >= 0.3 is 0 Å². The van der Waals surface area contributed by atoms with Gasteiger partial charge in [0.1, 0.15) is 5.75 Å². The van der Waals surface area contributed by atoms with Crippen LogP contribution in [-0.2, 0) is 0 Å². The van der Waals surface area contributed by atoms with Crippen molar-refractivity contribution in [3.05, 3.63) is 57.6 Å². The van der Waals surface area contributed by atoms with Gasteiger partial charge in [0.05, 0.1) is 28.7 Å². The summed E-state index contributed by atoms with van der Waals surface area (Å²) in [5, 5.41) is 13.8. The lowest BCUT2D eigenvalue weighted by Gasteiger charge is -2.12. The Kier molecular flexibility index (Phi) is 4.90. The second-order valence-corrected chi connectivity index (χ2v) is 5.10. The van der Waals surface area contributed by atoms with Crippen LogP contribution in [0.15, 0.2) is 36.4 Å². The Morgan fingerprint density at radius 3 is 2.09 bits per heavy atom. The van der Waals surface area contributed by atoms with Crippen LogP contribution >= 0.6 is 23.2 Å². The summed E-state index contributed by atoms with van der Waals surface area (Å²) in [5.74, 6) is -1.52. The van der Waals surface area contributed by atoms with Crippen molar-refractivity contribution >= 4 is 40.8 Å². The van der Waals surface area contributed by atoms with Crippen molar-refractivity contribution in [3.63, 3.8) is 0 Å². The monoisotopic (exact) mass is 338 g/mol. The predicted octanol–water partition coefficient (Wildman–Crippen LogP) is 2.62. The smallest absolute Gasteiger partial charge is 0.256 e. The van der Waals surface area contributed by atoms with Crippen LogP contribution in [0.5, 0.6) is 5.75 Å². The third-order valence-corrected chi connectivity index (χ3v) is 3.60. The number of nitrogens with one attached hydrogen (secondary N) is 1. The molecule has 22 heavy (non-hydrogen) atoms. The van der Waals surface area contributed by atoms with Gasteiger partial charge in [-0.1, -0.05) is 23.2 Å². The van der Waals surface area contributed by atoms with Crippen LogP contribution in [0.25, 0.3) is 0 Å². The predicted molar refractivity (Wildman–Crippen MR) is 81.7 cm³/mol. The van der Waals surface area contributed by atoms with E-state index in [4.69, 9.17) is 27.9 Å². The molecule has 0 aliphatic rings. The summed E-state index contributed by atoms with van der Waals surface area (Å²) in [4.78, 5) is 23.3. The standard InChI is InChI=1S/C15H11Cl2NO4/c1-22-9-4-2-8(3-5-9)18-14(19)10-6-12(16)13(17)7-11(10)15(20)21/h2-7H,1H3,(H,18,19)(H,20,21)/p-1. The van der Waals surface area contributed by atoms with E-state index < -0.39 is 11.9 Å². The second kappa shape index (κ2) is 6.68. The summed E-state index contributed by atoms with van der Waals surface area (Å²) in [7, 11) is 1.52. The SMILES string of the molecule is COc1ccc(NC(=O)c2cc(Cl)c(Cl)cc2C(=O)[O-])cc1. The van der Waals surface area contributed by atoms with E-state index in [1.54, 1.807) is 24.3 Å². The third-order valence-electron chi connectivity index (χ3n) is 2.87. The van der Waals surface area contributed by atoms with E-state index in [1.165, 1.54) is 13.2 Å². The molecule has 0 saturated carbocycles. The largest absolute Gasteiger partial charge is 0.545 e. The molecule has 0 aromatic heterocycles. The average molecular weight is 339 g/mol. The molecule has 0 heterocycles. The maximum Gasteiger partial charge on any atom is 0.256 e. The lowest BCUT2D eigenvalue weighted by Crippen LogP contribution is -2.26. The minimum atomic E-state index is -1.52. The quantitative estimate of drug-likeness (QED) is 0.929. The molecule has 2 rings (SSSR count). The summed E-state index contributed by atoms with van der Waals surface area (Å²) in [5.41, 5.74) is 0.00630. The Morgan fingerprint density at radius 1 is 1.05 bits per heavy atom. The number of carbonyl (C=O) groups is 2. The van der Waals surface area contributed by atoms with E-state index in [9.17, 15) is 14.7 Å². The summed E-state index contributed by atoms with van der Waals surface area (Å²) < 4.78 is 5.01. The van der Waals surface area contributed by atoms with Crippen LogP contribution in [0.1, 0.15) is 20.7 Å². The number of aromatic carboxylic acids is 1. The van der Waals surface area contributed by atoms with Crippen molar-refractivity contribution in [1.29, 1.82) is 0 Å². The van der Waals surface area contributed by atoms with Gasteiger partial charge in [-0.25, -0.2) is 0 Å². The molecule has 7 heteroatoms. The first-order chi connectivity index (χ1) is 10.4. The topological polar surface area (TPSA) is 78.5 Å². The van der Waals surface area contributed by atoms with Crippen molar-refractivity contribution in [1.82, 2.24) is 0 Å². The van der Waals surface area contributed by atoms with Gasteiger partial charge in [0.2, 0.25) is 0 Å². The van der Waals surface area contributed by atoms with Crippen molar-refractivity contribution < 1.29 is 19.4 Å². The van der Waals surface area contributed by atoms with Crippen molar-refractivity contribution in [2.75, 3.05) is 12.4 Å². The van der Waals surface area contributed by atoms with Crippen molar-refractivity contribution in [2.24, 2.45) is 0 Å². The molecule has 0 aliphatic heterocycles. The number of carboxylic acid groups (broad SMARTS) is 1. The molecule has 5 nitrogen and oxygen atoms in total. The zero-order chi connectivity index (χ0) is 16.3. The van der Waals surface area contributed by atoms with E-state index in [0.717, 1.165) is 6.07 Å². The van der Waals surface area contributed by atoms with E-state index in [2.05, 4.69) is 5.32 Å². The van der Waals surface area contributed by atoms with Crippen LogP contribution in [0, 0.1) is 0 Å². The molecule has 0 radical (unpaired) electrons. The fourth-order valence-electron chi connectivity index (χ4n) is 1.78. The van der Waals surface area contributed by atoms with Crippen molar-refractivity contribution in [2.45, 2.75) is 0 Å². The number of amides is 1. The minimum Gasteiger partial charge on any atom is -0.545 e. The van der Waals surface area contributed by atoms with Crippen molar-refractivity contribution in [3.8, 4) is 5.75 Å². The van der Waals surface area contributed by atoms with Crippen LogP contribution in [0.3, 0.4) is 0 Å². The number of hydrogen-bond acceptors (Lipinski definition) is 4. The first-order valence-electron chi connectivity index (χ1n) is 6.08. The molecule has 0 saturated heterocycles. The molecule has 1 N–H and O–H groups in total. The average Bonchev–Trinajstić information content (AvgIpc) is 2.50. The molecule has 0 spiro atoms. The van der Waals surface area contributed by atoms with Gasteiger partial charge in [-0.2, -0.15) is 0 Å². The maximum absolute atomic E-state index is 12.2. The number of hydrogen-bond donors (Lipinski definition) is 1. The molecule has 114 valence electrons. The van der Waals surface area contributed by atoms with E-state index in [1.807, 2.05) is 0 Å². The normalized spacial score (nSPS) is 10.1. The molecule has 0 aliphatic carbocycles. The summed E-state index contributed by atoms with van der Waals surface area (Å²) >= 11 is 11.6. The molecule has 1 amide bonds. The first kappa shape index (κ1) is 16.1. The molecule has 0 unspecified atom stereocenters. The first-order valence-corrected chi connectivity index (χ1v) is 6.83. The Bertz CT molecular complexity index is 729. The van der Waals surface area contributed by atoms with E-state index in [0.29, 0.717) is 11.4 Å². The highest BCUT2D eigenvalue weighted by Gasteiger charge is 2.15. The van der Waals surface area contributed by atoms with Gasteiger partial charge in [-0.3, -0.25) is 4.79 Å². The molecule has 2 aromatic rings. The molecule has 0 atom stereocenters. The number of ether oxygens (including phenoxy) is 1. The Hall–Kier alpha value is -2.24. The van der Waals surface area contributed by atoms with Crippen LogP contribution in [0.2, 0.25) is 10.0 Å². The highest BCUT2D eigenvalue weighted by atomic mass is 35.5. The second-order valence-electron chi connectivity index (χ2n) is 4.28. The Balaban J connectivity index is 2.32. The maximum atomic E-state index is 12.2. The zero-order valence-corrected chi connectivity index (χ0v) is 12.9. The van der Waals surface area contributed by atoms with Crippen LogP contribution < -0.4 is 15.2 Å². The lowest BCUT2D eigenvalue weighted by molar-refractivity contribution is -0.255. The van der Waals surface area contributed by atoms with Gasteiger partial charge in [0, 0.05) is 11.3 Å². The fourth-order valence-corrected chi connectivity index (χ4v) is 2.10. The molecule has 0 fully saturated rings. The van der Waals surface area contributed by atoms with Crippen LogP contribution in [0.4, 0.5) is 5.69 Å². The number of carboxylic acids is 1. The highest BCUT2D eigenvalue weighted by molar-refractivity contribution is 6.42. The number of rotatable bonds is 4. The minimum absolute atomic E-state index is 0.0295. The van der Waals surface area contributed by atoms with Gasteiger partial charge < -0.3 is 20.0 Å². The fraction of sp³-hybridized carbons (Fsp3) is 0.0667. The van der Waals surface area contributed by atoms with Gasteiger partial charge in [0.15, 0.2) is 0 Å². The summed E-state index contributed by atoms with van der Waals surface area (Å²) in [6, 6.07) is 8.82. The third kappa shape index (κ3) is 3.50. The molecular formula is C15H10Cl2NO4-. The van der Waals surface area contributed by atoms with E-state index in [-0.39, 0.29) is 21.2 Å². The highest BCUT2D eigenvalue weighted by Crippen LogP contribution is 2.26. The molecular weight excluding hydrogens is 329 g/mol. The number of benzene rings is 2. The van der Waals surface area contributed by atoms with E-state index >= 15 is 0 Å². The van der Waals surface area contributed by atoms with Gasteiger partial charge in [-0.05, 0) is 36.4 Å². The zero-order valence-electron chi connectivity index (χ0n) is 11.4. The van der Waals surface area contributed by atoms with Gasteiger partial charge in [-0.15, -0.1) is 0 Å². The number of methoxy groups -OCH3 is 1. The van der Waals surface area contributed by atoms with Gasteiger partial charge in [0.25, 0.3) is 5.91 Å². The number of anilines is 1. The summed E-state index contributed by atoms with van der Waals surface area (Å²) in [6.45, 7) is 0. The Labute approximate surface area is 136 Å². The number of halogens is 2.